The second-order valence-electron chi connectivity index (χ2n) is 3.60. The fourth-order valence-corrected chi connectivity index (χ4v) is 1.77. The van der Waals surface area contributed by atoms with Gasteiger partial charge < -0.3 is 14.2 Å². The molecule has 1 aromatic carbocycles. The molecule has 2 atom stereocenters. The Morgan fingerprint density at radius 2 is 1.83 bits per heavy atom. The number of methoxy groups -OCH3 is 2. The van der Waals surface area contributed by atoms with Gasteiger partial charge in [-0.3, -0.25) is 0 Å². The van der Waals surface area contributed by atoms with Crippen LogP contribution in [0.15, 0.2) is 18.2 Å². The molecule has 0 aliphatic heterocycles. The minimum atomic E-state index is -0.613. The minimum Gasteiger partial charge on any atom is -0.493 e. The van der Waals surface area contributed by atoms with Crippen molar-refractivity contribution in [2.45, 2.75) is 25.5 Å². The summed E-state index contributed by atoms with van der Waals surface area (Å²) >= 11 is 5.91. The molecule has 0 bridgehead atoms. The first-order valence-electron chi connectivity index (χ1n) is 5.56. The Bertz CT molecular complexity index is 448. The number of rotatable bonds is 5. The second kappa shape index (κ2) is 7.15. The highest BCUT2D eigenvalue weighted by molar-refractivity contribution is 6.21. The molecule has 1 aromatic rings. The smallest absolute Gasteiger partial charge is 0.193 e. The Kier molecular flexibility index (Phi) is 5.84. The van der Waals surface area contributed by atoms with Gasteiger partial charge in [-0.1, -0.05) is 23.6 Å². The van der Waals surface area contributed by atoms with Gasteiger partial charge in [0.25, 0.3) is 0 Å². The van der Waals surface area contributed by atoms with E-state index < -0.39 is 5.56 Å². The van der Waals surface area contributed by atoms with E-state index >= 15 is 0 Å². The Labute approximate surface area is 113 Å². The highest BCUT2D eigenvalue weighted by Crippen LogP contribution is 2.31. The molecular formula is C14H17ClO3. The van der Waals surface area contributed by atoms with E-state index in [1.807, 2.05) is 25.1 Å². The normalized spacial score (nSPS) is 13.2. The van der Waals surface area contributed by atoms with Crippen molar-refractivity contribution in [3.8, 4) is 23.3 Å². The summed E-state index contributed by atoms with van der Waals surface area (Å²) in [5, 5.41) is 0. The summed E-state index contributed by atoms with van der Waals surface area (Å²) in [4.78, 5) is 0. The Hall–Kier alpha value is -1.37. The number of halogens is 1. The fraction of sp³-hybridized carbons (Fsp3) is 0.429. The van der Waals surface area contributed by atoms with Gasteiger partial charge in [0.2, 0.25) is 0 Å². The van der Waals surface area contributed by atoms with E-state index in [9.17, 15) is 0 Å². The molecule has 0 heterocycles. The largest absolute Gasteiger partial charge is 0.493 e. The van der Waals surface area contributed by atoms with E-state index in [0.717, 1.165) is 5.56 Å². The Morgan fingerprint density at radius 3 is 2.39 bits per heavy atom. The maximum atomic E-state index is 5.91. The summed E-state index contributed by atoms with van der Waals surface area (Å²) in [5.41, 5.74) is 0.342. The van der Waals surface area contributed by atoms with E-state index in [1.54, 1.807) is 21.1 Å². The molecule has 0 N–H and O–H groups in total. The van der Waals surface area contributed by atoms with Gasteiger partial charge in [0.15, 0.2) is 17.1 Å². The third kappa shape index (κ3) is 3.83. The van der Waals surface area contributed by atoms with Crippen LogP contribution in [0.1, 0.15) is 25.5 Å². The van der Waals surface area contributed by atoms with Crippen molar-refractivity contribution in [1.82, 2.24) is 0 Å². The van der Waals surface area contributed by atoms with E-state index in [4.69, 9.17) is 25.8 Å². The lowest BCUT2D eigenvalue weighted by molar-refractivity contribution is 0.0698. The van der Waals surface area contributed by atoms with E-state index in [0.29, 0.717) is 11.5 Å². The number of hydrogen-bond donors (Lipinski definition) is 0. The topological polar surface area (TPSA) is 27.7 Å². The third-order valence-corrected chi connectivity index (χ3v) is 2.67. The quantitative estimate of drug-likeness (QED) is 0.605. The molecule has 0 aromatic heterocycles. The molecule has 18 heavy (non-hydrogen) atoms. The third-order valence-electron chi connectivity index (χ3n) is 2.46. The van der Waals surface area contributed by atoms with Crippen LogP contribution in [-0.4, -0.2) is 19.8 Å². The van der Waals surface area contributed by atoms with Crippen LogP contribution in [0.4, 0.5) is 0 Å². The van der Waals surface area contributed by atoms with Crippen LogP contribution < -0.4 is 9.47 Å². The number of ether oxygens (including phenoxy) is 3. The van der Waals surface area contributed by atoms with Crippen molar-refractivity contribution in [3.05, 3.63) is 23.8 Å². The molecule has 4 heteroatoms. The molecule has 3 nitrogen and oxygen atoms in total. The van der Waals surface area contributed by atoms with Gasteiger partial charge in [0.1, 0.15) is 0 Å². The molecule has 98 valence electrons. The van der Waals surface area contributed by atoms with Crippen LogP contribution in [0.5, 0.6) is 11.5 Å². The lowest BCUT2D eigenvalue weighted by Gasteiger charge is -2.16. The highest BCUT2D eigenvalue weighted by Gasteiger charge is 2.13. The summed E-state index contributed by atoms with van der Waals surface area (Å²) in [6.45, 7) is 3.63. The van der Waals surface area contributed by atoms with Crippen LogP contribution >= 0.6 is 11.6 Å². The van der Waals surface area contributed by atoms with E-state index in [1.165, 1.54) is 0 Å². The molecule has 2 unspecified atom stereocenters. The zero-order valence-corrected chi connectivity index (χ0v) is 11.7. The number of alkyl halides is 1. The van der Waals surface area contributed by atoms with Crippen LogP contribution in [-0.2, 0) is 4.74 Å². The molecule has 0 spiro atoms. The van der Waals surface area contributed by atoms with Gasteiger partial charge in [-0.25, -0.2) is 0 Å². The Balaban J connectivity index is 2.85. The summed E-state index contributed by atoms with van der Waals surface area (Å²) in [7, 11) is 3.20. The van der Waals surface area contributed by atoms with Crippen LogP contribution in [0, 0.1) is 11.8 Å². The maximum absolute atomic E-state index is 5.91. The summed E-state index contributed by atoms with van der Waals surface area (Å²) in [6.07, 6.45) is -0.173. The first-order chi connectivity index (χ1) is 8.62. The van der Waals surface area contributed by atoms with Crippen LogP contribution in [0.3, 0.4) is 0 Å². The van der Waals surface area contributed by atoms with Gasteiger partial charge >= 0.3 is 0 Å². The molecule has 0 aliphatic carbocycles. The highest BCUT2D eigenvalue weighted by atomic mass is 35.5. The predicted octanol–water partition coefficient (Wildman–Crippen LogP) is 3.37. The van der Waals surface area contributed by atoms with Crippen molar-refractivity contribution in [2.75, 3.05) is 14.2 Å². The average Bonchev–Trinajstić information content (AvgIpc) is 2.38. The van der Waals surface area contributed by atoms with Crippen molar-refractivity contribution in [1.29, 1.82) is 0 Å². The second-order valence-corrected chi connectivity index (χ2v) is 4.00. The van der Waals surface area contributed by atoms with Crippen molar-refractivity contribution in [2.24, 2.45) is 0 Å². The van der Waals surface area contributed by atoms with Crippen molar-refractivity contribution < 1.29 is 14.2 Å². The zero-order valence-electron chi connectivity index (χ0n) is 11.0. The van der Waals surface area contributed by atoms with E-state index in [2.05, 4.69) is 11.8 Å². The van der Waals surface area contributed by atoms with Gasteiger partial charge in [0.05, 0.1) is 20.3 Å². The molecule has 0 fully saturated rings. The van der Waals surface area contributed by atoms with Gasteiger partial charge in [-0.05, 0) is 31.5 Å². The molecule has 0 amide bonds. The minimum absolute atomic E-state index is 0.173. The SMILES string of the molecule is CC#CC(Cl)OC(C)c1ccc(OC)c(OC)c1. The van der Waals surface area contributed by atoms with Crippen LogP contribution in [0.2, 0.25) is 0 Å². The lowest BCUT2D eigenvalue weighted by Crippen LogP contribution is -2.07. The predicted molar refractivity (Wildman–Crippen MR) is 72.1 cm³/mol. The summed E-state index contributed by atoms with van der Waals surface area (Å²) in [5.74, 6) is 6.80. The van der Waals surface area contributed by atoms with Gasteiger partial charge in [0, 0.05) is 0 Å². The van der Waals surface area contributed by atoms with Gasteiger partial charge in [-0.15, -0.1) is 5.92 Å². The Morgan fingerprint density at radius 1 is 1.17 bits per heavy atom. The maximum Gasteiger partial charge on any atom is 0.193 e. The average molecular weight is 269 g/mol. The van der Waals surface area contributed by atoms with Crippen molar-refractivity contribution in [3.63, 3.8) is 0 Å². The molecule has 1 rings (SSSR count). The van der Waals surface area contributed by atoms with Gasteiger partial charge in [-0.2, -0.15) is 0 Å². The summed E-state index contributed by atoms with van der Waals surface area (Å²) < 4.78 is 16.0. The molecule has 0 aliphatic rings. The van der Waals surface area contributed by atoms with Crippen molar-refractivity contribution >= 4 is 11.6 Å². The first kappa shape index (κ1) is 14.7. The molecule has 0 radical (unpaired) electrons. The number of hydrogen-bond acceptors (Lipinski definition) is 3. The zero-order chi connectivity index (χ0) is 13.5. The fourth-order valence-electron chi connectivity index (χ4n) is 1.51. The standard InChI is InChI=1S/C14H17ClO3/c1-5-6-14(15)18-10(2)11-7-8-12(16-3)13(9-11)17-4/h7-10,14H,1-4H3. The molecule has 0 saturated carbocycles. The lowest BCUT2D eigenvalue weighted by atomic mass is 10.1. The monoisotopic (exact) mass is 268 g/mol. The van der Waals surface area contributed by atoms with Crippen LogP contribution in [0.25, 0.3) is 0 Å². The molecule has 0 saturated heterocycles. The summed E-state index contributed by atoms with van der Waals surface area (Å²) in [6, 6.07) is 5.62. The van der Waals surface area contributed by atoms with E-state index in [-0.39, 0.29) is 6.10 Å². The molecular weight excluding hydrogens is 252 g/mol. The number of benzene rings is 1. The first-order valence-corrected chi connectivity index (χ1v) is 5.99.